The van der Waals surface area contributed by atoms with E-state index in [1.165, 1.54) is 0 Å². The van der Waals surface area contributed by atoms with Crippen molar-refractivity contribution in [3.63, 3.8) is 0 Å². The number of halogens is 1. The quantitative estimate of drug-likeness (QED) is 0.836. The minimum atomic E-state index is -0.153. The van der Waals surface area contributed by atoms with Gasteiger partial charge in [-0.2, -0.15) is 0 Å². The number of pyridine rings is 1. The van der Waals surface area contributed by atoms with E-state index in [9.17, 15) is 4.79 Å². The van der Waals surface area contributed by atoms with Crippen LogP contribution in [0.15, 0.2) is 42.6 Å². The van der Waals surface area contributed by atoms with Crippen molar-refractivity contribution < 1.29 is 9.53 Å². The van der Waals surface area contributed by atoms with Gasteiger partial charge in [-0.3, -0.25) is 9.78 Å². The maximum atomic E-state index is 13.1. The number of amides is 1. The average molecular weight is 343 g/mol. The molecule has 4 rings (SSSR count). The molecule has 1 aromatic carbocycles. The van der Waals surface area contributed by atoms with Gasteiger partial charge in [0.1, 0.15) is 12.4 Å². The van der Waals surface area contributed by atoms with Crippen molar-refractivity contribution in [2.24, 2.45) is 5.92 Å². The number of benzene rings is 1. The molecule has 1 fully saturated rings. The predicted molar refractivity (Wildman–Crippen MR) is 92.1 cm³/mol. The Kier molecular flexibility index (Phi) is 4.15. The van der Waals surface area contributed by atoms with Crippen LogP contribution in [0.5, 0.6) is 5.75 Å². The molecule has 0 unspecified atom stereocenters. The Labute approximate surface area is 146 Å². The standard InChI is InChI=1S/C19H19ClN2O2/c20-15-6-7-18-13(11-15)10-14(12-24-18)19(23)22-9-3-5-17(22)16-4-1-2-8-21-16/h1-2,4,6-8,11,14,17H,3,5,9-10,12H2/t14-,17+/m1/s1. The summed E-state index contributed by atoms with van der Waals surface area (Å²) in [4.78, 5) is 19.5. The Bertz CT molecular complexity index is 750. The van der Waals surface area contributed by atoms with Crippen molar-refractivity contribution in [1.29, 1.82) is 0 Å². The fourth-order valence-corrected chi connectivity index (χ4v) is 3.86. The smallest absolute Gasteiger partial charge is 0.230 e. The van der Waals surface area contributed by atoms with Crippen LogP contribution in [-0.4, -0.2) is 28.9 Å². The van der Waals surface area contributed by atoms with E-state index < -0.39 is 0 Å². The van der Waals surface area contributed by atoms with E-state index in [2.05, 4.69) is 4.98 Å². The van der Waals surface area contributed by atoms with Gasteiger partial charge in [0, 0.05) is 17.8 Å². The Morgan fingerprint density at radius 2 is 2.21 bits per heavy atom. The summed E-state index contributed by atoms with van der Waals surface area (Å²) in [5.74, 6) is 0.847. The van der Waals surface area contributed by atoms with Gasteiger partial charge in [-0.25, -0.2) is 0 Å². The molecular weight excluding hydrogens is 324 g/mol. The third-order valence-electron chi connectivity index (χ3n) is 4.84. The van der Waals surface area contributed by atoms with Gasteiger partial charge in [-0.1, -0.05) is 17.7 Å². The number of carbonyl (C=O) groups excluding carboxylic acids is 1. The summed E-state index contributed by atoms with van der Waals surface area (Å²) < 4.78 is 5.79. The van der Waals surface area contributed by atoms with Gasteiger partial charge in [-0.05, 0) is 55.2 Å². The second-order valence-electron chi connectivity index (χ2n) is 6.41. The molecule has 2 aliphatic rings. The van der Waals surface area contributed by atoms with Crippen molar-refractivity contribution in [1.82, 2.24) is 9.88 Å². The molecule has 1 saturated heterocycles. The highest BCUT2D eigenvalue weighted by Gasteiger charge is 2.36. The van der Waals surface area contributed by atoms with Crippen molar-refractivity contribution in [3.05, 3.63) is 58.9 Å². The summed E-state index contributed by atoms with van der Waals surface area (Å²) in [5, 5.41) is 0.679. The van der Waals surface area contributed by atoms with Crippen LogP contribution in [0.25, 0.3) is 0 Å². The molecule has 2 aliphatic heterocycles. The normalized spacial score (nSPS) is 22.8. The summed E-state index contributed by atoms with van der Waals surface area (Å²) in [6, 6.07) is 11.6. The lowest BCUT2D eigenvalue weighted by molar-refractivity contribution is -0.138. The minimum absolute atomic E-state index is 0.0828. The van der Waals surface area contributed by atoms with Crippen molar-refractivity contribution in [2.45, 2.75) is 25.3 Å². The zero-order valence-corrected chi connectivity index (χ0v) is 14.1. The molecule has 2 aromatic rings. The summed E-state index contributed by atoms with van der Waals surface area (Å²) >= 11 is 6.08. The van der Waals surface area contributed by atoms with Crippen LogP contribution in [0, 0.1) is 5.92 Å². The molecular formula is C19H19ClN2O2. The average Bonchev–Trinajstić information content (AvgIpc) is 3.11. The number of aromatic nitrogens is 1. The van der Waals surface area contributed by atoms with Gasteiger partial charge >= 0.3 is 0 Å². The number of rotatable bonds is 2. The van der Waals surface area contributed by atoms with E-state index in [0.717, 1.165) is 36.4 Å². The molecule has 1 amide bonds. The molecule has 3 heterocycles. The van der Waals surface area contributed by atoms with E-state index in [-0.39, 0.29) is 17.9 Å². The monoisotopic (exact) mass is 342 g/mol. The van der Waals surface area contributed by atoms with Gasteiger partial charge < -0.3 is 9.64 Å². The van der Waals surface area contributed by atoms with Gasteiger partial charge in [0.2, 0.25) is 5.91 Å². The van der Waals surface area contributed by atoms with Crippen molar-refractivity contribution in [2.75, 3.05) is 13.2 Å². The lowest BCUT2D eigenvalue weighted by atomic mass is 9.95. The van der Waals surface area contributed by atoms with E-state index >= 15 is 0 Å². The summed E-state index contributed by atoms with van der Waals surface area (Å²) in [6.07, 6.45) is 4.46. The Morgan fingerprint density at radius 3 is 3.04 bits per heavy atom. The molecule has 0 spiro atoms. The minimum Gasteiger partial charge on any atom is -0.492 e. The molecule has 0 aliphatic carbocycles. The zero-order valence-electron chi connectivity index (χ0n) is 13.3. The molecule has 2 atom stereocenters. The van der Waals surface area contributed by atoms with Crippen molar-refractivity contribution >= 4 is 17.5 Å². The highest BCUT2D eigenvalue weighted by atomic mass is 35.5. The summed E-state index contributed by atoms with van der Waals surface area (Å²) in [6.45, 7) is 1.22. The maximum Gasteiger partial charge on any atom is 0.230 e. The molecule has 0 radical (unpaired) electrons. The number of carbonyl (C=O) groups is 1. The Hall–Kier alpha value is -2.07. The van der Waals surface area contributed by atoms with Crippen LogP contribution in [0.4, 0.5) is 0 Å². The molecule has 0 saturated carbocycles. The lowest BCUT2D eigenvalue weighted by Crippen LogP contribution is -2.40. The largest absolute Gasteiger partial charge is 0.492 e. The van der Waals surface area contributed by atoms with E-state index in [1.807, 2.05) is 41.3 Å². The number of nitrogens with zero attached hydrogens (tertiary/aromatic N) is 2. The number of likely N-dealkylation sites (tertiary alicyclic amines) is 1. The Morgan fingerprint density at radius 1 is 1.29 bits per heavy atom. The maximum absolute atomic E-state index is 13.1. The highest BCUT2D eigenvalue weighted by molar-refractivity contribution is 6.30. The highest BCUT2D eigenvalue weighted by Crippen LogP contribution is 2.35. The first kappa shape index (κ1) is 15.5. The topological polar surface area (TPSA) is 42.4 Å². The van der Waals surface area contributed by atoms with Crippen molar-refractivity contribution in [3.8, 4) is 5.75 Å². The zero-order chi connectivity index (χ0) is 16.5. The molecule has 24 heavy (non-hydrogen) atoms. The third-order valence-corrected chi connectivity index (χ3v) is 5.08. The molecule has 124 valence electrons. The molecule has 5 heteroatoms. The van der Waals surface area contributed by atoms with Crippen LogP contribution in [-0.2, 0) is 11.2 Å². The molecule has 0 bridgehead atoms. The fraction of sp³-hybridized carbons (Fsp3) is 0.368. The van der Waals surface area contributed by atoms with Crippen LogP contribution < -0.4 is 4.74 Å². The third kappa shape index (κ3) is 2.86. The second-order valence-corrected chi connectivity index (χ2v) is 6.84. The van der Waals surface area contributed by atoms with Crippen LogP contribution in [0.1, 0.15) is 30.1 Å². The Balaban J connectivity index is 1.53. The SMILES string of the molecule is O=C([C@H]1COc2ccc(Cl)cc2C1)N1CCC[C@H]1c1ccccn1. The first-order chi connectivity index (χ1) is 11.7. The van der Waals surface area contributed by atoms with Gasteiger partial charge in [0.15, 0.2) is 0 Å². The predicted octanol–water partition coefficient (Wildman–Crippen LogP) is 3.65. The molecule has 4 nitrogen and oxygen atoms in total. The van der Waals surface area contributed by atoms with E-state index in [4.69, 9.17) is 16.3 Å². The molecule has 0 N–H and O–H groups in total. The lowest BCUT2D eigenvalue weighted by Gasteiger charge is -2.31. The second kappa shape index (κ2) is 6.44. The van der Waals surface area contributed by atoms with E-state index in [1.54, 1.807) is 6.20 Å². The first-order valence-corrected chi connectivity index (χ1v) is 8.73. The number of fused-ring (bicyclic) bond motifs is 1. The summed E-state index contributed by atoms with van der Waals surface area (Å²) in [7, 11) is 0. The van der Waals surface area contributed by atoms with Gasteiger partial charge in [-0.15, -0.1) is 0 Å². The number of ether oxygens (including phenoxy) is 1. The first-order valence-electron chi connectivity index (χ1n) is 8.35. The van der Waals surface area contributed by atoms with Gasteiger partial charge in [0.25, 0.3) is 0 Å². The number of hydrogen-bond acceptors (Lipinski definition) is 3. The van der Waals surface area contributed by atoms with Gasteiger partial charge in [0.05, 0.1) is 17.7 Å². The summed E-state index contributed by atoms with van der Waals surface area (Å²) in [5.41, 5.74) is 1.99. The fourth-order valence-electron chi connectivity index (χ4n) is 3.67. The van der Waals surface area contributed by atoms with Crippen LogP contribution >= 0.6 is 11.6 Å². The molecule has 1 aromatic heterocycles. The van der Waals surface area contributed by atoms with E-state index in [0.29, 0.717) is 18.1 Å². The number of hydrogen-bond donors (Lipinski definition) is 0. The van der Waals surface area contributed by atoms with Crippen LogP contribution in [0.3, 0.4) is 0 Å². The van der Waals surface area contributed by atoms with Crippen LogP contribution in [0.2, 0.25) is 5.02 Å².